The summed E-state index contributed by atoms with van der Waals surface area (Å²) in [6, 6.07) is 6.82. The highest BCUT2D eigenvalue weighted by atomic mass is 32.1. The number of hydrogen-bond donors (Lipinski definition) is 1. The van der Waals surface area contributed by atoms with Crippen LogP contribution in [0.4, 0.5) is 10.1 Å². The Balaban J connectivity index is 2.31. The summed E-state index contributed by atoms with van der Waals surface area (Å²) in [7, 11) is 1.84. The molecule has 0 radical (unpaired) electrons. The van der Waals surface area contributed by atoms with Crippen molar-refractivity contribution < 1.29 is 9.50 Å². The van der Waals surface area contributed by atoms with Gasteiger partial charge in [0.15, 0.2) is 0 Å². The molecular formula is C14H16FNOS. The Labute approximate surface area is 110 Å². The molecule has 1 atom stereocenters. The minimum absolute atomic E-state index is 0.300. The van der Waals surface area contributed by atoms with E-state index in [9.17, 15) is 9.50 Å². The number of benzene rings is 1. The summed E-state index contributed by atoms with van der Waals surface area (Å²) in [6.45, 7) is 2.28. The summed E-state index contributed by atoms with van der Waals surface area (Å²) in [5, 5.41) is 13.8. The molecule has 1 aromatic carbocycles. The molecule has 4 heteroatoms. The molecule has 0 saturated carbocycles. The molecule has 0 spiro atoms. The maximum Gasteiger partial charge on any atom is 0.146 e. The lowest BCUT2D eigenvalue weighted by atomic mass is 10.1. The molecule has 0 aliphatic heterocycles. The first-order chi connectivity index (χ1) is 8.59. The van der Waals surface area contributed by atoms with Gasteiger partial charge in [-0.25, -0.2) is 4.39 Å². The molecule has 0 aliphatic carbocycles. The van der Waals surface area contributed by atoms with E-state index < -0.39 is 6.10 Å². The molecule has 1 unspecified atom stereocenters. The molecular weight excluding hydrogens is 249 g/mol. The van der Waals surface area contributed by atoms with Crippen LogP contribution in [0.3, 0.4) is 0 Å². The van der Waals surface area contributed by atoms with Crippen molar-refractivity contribution in [1.82, 2.24) is 0 Å². The van der Waals surface area contributed by atoms with Crippen molar-refractivity contribution in [3.8, 4) is 0 Å². The minimum atomic E-state index is -0.680. The third-order valence-corrected chi connectivity index (χ3v) is 3.58. The zero-order valence-corrected chi connectivity index (χ0v) is 11.2. The second-order valence-corrected chi connectivity index (χ2v) is 5.12. The maximum absolute atomic E-state index is 13.9. The van der Waals surface area contributed by atoms with Crippen LogP contribution < -0.4 is 4.90 Å². The third kappa shape index (κ3) is 2.71. The monoisotopic (exact) mass is 265 g/mol. The van der Waals surface area contributed by atoms with E-state index in [4.69, 9.17) is 0 Å². The van der Waals surface area contributed by atoms with Gasteiger partial charge in [-0.15, -0.1) is 0 Å². The van der Waals surface area contributed by atoms with Crippen molar-refractivity contribution in [3.05, 3.63) is 52.0 Å². The smallest absolute Gasteiger partial charge is 0.146 e. The molecule has 1 N–H and O–H groups in total. The first-order valence-corrected chi connectivity index (χ1v) is 6.72. The predicted octanol–water partition coefficient (Wildman–Crippen LogP) is 3.58. The number of hydrogen-bond acceptors (Lipinski definition) is 3. The Morgan fingerprint density at radius 1 is 1.39 bits per heavy atom. The Hall–Kier alpha value is -1.39. The number of aliphatic hydroxyl groups excluding tert-OH is 1. The summed E-state index contributed by atoms with van der Waals surface area (Å²) < 4.78 is 13.9. The first kappa shape index (κ1) is 13.1. The minimum Gasteiger partial charge on any atom is -0.389 e. The Morgan fingerprint density at radius 3 is 2.78 bits per heavy atom. The molecule has 0 bridgehead atoms. The highest BCUT2D eigenvalue weighted by molar-refractivity contribution is 7.07. The zero-order valence-electron chi connectivity index (χ0n) is 10.4. The molecule has 2 aromatic rings. The van der Waals surface area contributed by atoms with Crippen molar-refractivity contribution in [2.45, 2.75) is 19.6 Å². The van der Waals surface area contributed by atoms with Crippen LogP contribution in [0.1, 0.15) is 24.2 Å². The van der Waals surface area contributed by atoms with E-state index in [0.29, 0.717) is 17.8 Å². The fourth-order valence-electron chi connectivity index (χ4n) is 2.01. The van der Waals surface area contributed by atoms with E-state index in [1.54, 1.807) is 30.4 Å². The fraction of sp³-hybridized carbons (Fsp3) is 0.286. The molecule has 2 nitrogen and oxygen atoms in total. The zero-order chi connectivity index (χ0) is 13.1. The second kappa shape index (κ2) is 5.50. The van der Waals surface area contributed by atoms with E-state index in [1.165, 1.54) is 6.07 Å². The molecule has 2 rings (SSSR count). The van der Waals surface area contributed by atoms with Gasteiger partial charge in [0.2, 0.25) is 0 Å². The summed E-state index contributed by atoms with van der Waals surface area (Å²) in [5.41, 5.74) is 2.23. The van der Waals surface area contributed by atoms with Crippen molar-refractivity contribution in [2.75, 3.05) is 11.9 Å². The number of nitrogens with zero attached hydrogens (tertiary/aromatic N) is 1. The predicted molar refractivity (Wildman–Crippen MR) is 73.5 cm³/mol. The second-order valence-electron chi connectivity index (χ2n) is 4.34. The number of para-hydroxylation sites is 1. The number of aliphatic hydroxyl groups is 1. The van der Waals surface area contributed by atoms with Crippen molar-refractivity contribution in [1.29, 1.82) is 0 Å². The number of thiophene rings is 1. The third-order valence-electron chi connectivity index (χ3n) is 2.85. The molecule has 0 aliphatic rings. The van der Waals surface area contributed by atoms with Gasteiger partial charge in [0.05, 0.1) is 11.8 Å². The van der Waals surface area contributed by atoms with Crippen LogP contribution in [0.15, 0.2) is 35.0 Å². The van der Waals surface area contributed by atoms with Crippen LogP contribution in [-0.4, -0.2) is 12.2 Å². The van der Waals surface area contributed by atoms with E-state index in [-0.39, 0.29) is 5.82 Å². The van der Waals surface area contributed by atoms with Gasteiger partial charge in [-0.05, 0) is 35.4 Å². The Bertz CT molecular complexity index is 511. The molecule has 18 heavy (non-hydrogen) atoms. The van der Waals surface area contributed by atoms with Crippen LogP contribution in [0.25, 0.3) is 0 Å². The maximum atomic E-state index is 13.9. The highest BCUT2D eigenvalue weighted by Crippen LogP contribution is 2.29. The molecule has 0 saturated heterocycles. The molecule has 1 aromatic heterocycles. The van der Waals surface area contributed by atoms with Crippen LogP contribution in [0.5, 0.6) is 0 Å². The van der Waals surface area contributed by atoms with Crippen molar-refractivity contribution in [2.24, 2.45) is 0 Å². The normalized spacial score (nSPS) is 12.4. The fourth-order valence-corrected chi connectivity index (χ4v) is 2.67. The highest BCUT2D eigenvalue weighted by Gasteiger charge is 2.16. The summed E-state index contributed by atoms with van der Waals surface area (Å²) in [6.07, 6.45) is -0.680. The lowest BCUT2D eigenvalue weighted by molar-refractivity contribution is 0.199. The van der Waals surface area contributed by atoms with Crippen molar-refractivity contribution in [3.63, 3.8) is 0 Å². The Morgan fingerprint density at radius 2 is 2.17 bits per heavy atom. The van der Waals surface area contributed by atoms with E-state index in [1.807, 2.05) is 28.8 Å². The van der Waals surface area contributed by atoms with Gasteiger partial charge in [-0.2, -0.15) is 11.3 Å². The number of halogens is 1. The average Bonchev–Trinajstić information content (AvgIpc) is 2.81. The van der Waals surface area contributed by atoms with Crippen molar-refractivity contribution >= 4 is 17.0 Å². The van der Waals surface area contributed by atoms with E-state index in [2.05, 4.69) is 0 Å². The largest absolute Gasteiger partial charge is 0.389 e. The lowest BCUT2D eigenvalue weighted by Crippen LogP contribution is -2.19. The van der Waals surface area contributed by atoms with Crippen LogP contribution in [0, 0.1) is 5.82 Å². The number of anilines is 1. The van der Waals surface area contributed by atoms with Gasteiger partial charge in [-0.1, -0.05) is 12.1 Å². The lowest BCUT2D eigenvalue weighted by Gasteiger charge is -2.23. The summed E-state index contributed by atoms with van der Waals surface area (Å²) in [5.74, 6) is -0.300. The van der Waals surface area contributed by atoms with Gasteiger partial charge in [0.25, 0.3) is 0 Å². The van der Waals surface area contributed by atoms with Gasteiger partial charge in [0, 0.05) is 19.2 Å². The molecule has 96 valence electrons. The topological polar surface area (TPSA) is 23.5 Å². The van der Waals surface area contributed by atoms with E-state index >= 15 is 0 Å². The molecule has 0 fully saturated rings. The van der Waals surface area contributed by atoms with Gasteiger partial charge < -0.3 is 10.0 Å². The van der Waals surface area contributed by atoms with E-state index in [0.717, 1.165) is 5.56 Å². The van der Waals surface area contributed by atoms with Gasteiger partial charge in [-0.3, -0.25) is 0 Å². The molecule has 1 heterocycles. The summed E-state index contributed by atoms with van der Waals surface area (Å²) >= 11 is 1.62. The number of rotatable bonds is 4. The van der Waals surface area contributed by atoms with Crippen LogP contribution in [0.2, 0.25) is 0 Å². The quantitative estimate of drug-likeness (QED) is 0.913. The Kier molecular flexibility index (Phi) is 3.99. The average molecular weight is 265 g/mol. The van der Waals surface area contributed by atoms with Crippen LogP contribution >= 0.6 is 11.3 Å². The molecule has 0 amide bonds. The first-order valence-electron chi connectivity index (χ1n) is 5.78. The van der Waals surface area contributed by atoms with Gasteiger partial charge in [0.1, 0.15) is 5.82 Å². The van der Waals surface area contributed by atoms with Gasteiger partial charge >= 0.3 is 0 Å². The summed E-state index contributed by atoms with van der Waals surface area (Å²) in [4.78, 5) is 1.83. The van der Waals surface area contributed by atoms with Crippen LogP contribution in [-0.2, 0) is 6.54 Å². The standard InChI is InChI=1S/C14H16FNOS/c1-10(17)12-4-3-5-13(15)14(12)16(2)8-11-6-7-18-9-11/h3-7,9-10,17H,8H2,1-2H3. The SMILES string of the molecule is CC(O)c1cccc(F)c1N(C)Cc1ccsc1.